The van der Waals surface area contributed by atoms with Gasteiger partial charge in [-0.25, -0.2) is 29.9 Å². The first-order chi connectivity index (χ1) is 65.5. The van der Waals surface area contributed by atoms with Crippen molar-refractivity contribution in [3.8, 4) is 68.4 Å². The van der Waals surface area contributed by atoms with Crippen molar-refractivity contribution >= 4 is 206 Å². The fraction of sp³-hybridized carbons (Fsp3) is 0. The lowest BCUT2D eigenvalue weighted by Gasteiger charge is -2.14. The van der Waals surface area contributed by atoms with Crippen LogP contribution in [0.3, 0.4) is 0 Å². The summed E-state index contributed by atoms with van der Waals surface area (Å²) in [7, 11) is 0. The van der Waals surface area contributed by atoms with E-state index in [1.807, 2.05) is 53.8 Å². The highest BCUT2D eigenvalue weighted by molar-refractivity contribution is 7.27. The molecule has 9 aromatic heterocycles. The van der Waals surface area contributed by atoms with Crippen LogP contribution in [0.1, 0.15) is 0 Å². The maximum Gasteiger partial charge on any atom is 0.235 e. The van der Waals surface area contributed by atoms with Gasteiger partial charge >= 0.3 is 0 Å². The van der Waals surface area contributed by atoms with Crippen molar-refractivity contribution in [2.24, 2.45) is 0 Å². The molecule has 9 heterocycles. The lowest BCUT2D eigenvalue weighted by atomic mass is 9.99. The van der Waals surface area contributed by atoms with E-state index in [0.717, 1.165) is 149 Å². The van der Waals surface area contributed by atoms with Gasteiger partial charge in [0.05, 0.1) is 82.5 Å². The molecule has 0 fully saturated rings. The minimum absolute atomic E-state index is 0.654. The van der Waals surface area contributed by atoms with Crippen molar-refractivity contribution in [1.29, 1.82) is 0 Å². The molecule has 0 radical (unpaired) electrons. The second-order valence-corrected chi connectivity index (χ2v) is 34.8. The Hall–Kier alpha value is -17.6. The van der Waals surface area contributed by atoms with Crippen molar-refractivity contribution in [2.75, 3.05) is 0 Å². The molecule has 0 N–H and O–H groups in total. The maximum absolute atomic E-state index is 6.53. The molecule has 0 amide bonds. The topological polar surface area (TPSA) is 110 Å². The molecule has 11 nitrogen and oxygen atoms in total. The Kier molecular flexibility index (Phi) is 17.0. The van der Waals surface area contributed by atoms with Crippen LogP contribution in [0.25, 0.3) is 263 Å². The molecule has 0 aliphatic rings. The van der Waals surface area contributed by atoms with Crippen LogP contribution in [0.4, 0.5) is 0 Å². The third-order valence-electron chi connectivity index (χ3n) is 26.5. The summed E-state index contributed by atoms with van der Waals surface area (Å²) in [6.45, 7) is 0. The third-order valence-corrected chi connectivity index (χ3v) is 27.7. The molecule has 0 saturated heterocycles. The highest BCUT2D eigenvalue weighted by atomic mass is 32.1. The molecule has 0 spiro atoms. The van der Waals surface area contributed by atoms with E-state index in [9.17, 15) is 0 Å². The smallest absolute Gasteiger partial charge is 0.235 e. The quantitative estimate of drug-likeness (QED) is 0.139. The summed E-state index contributed by atoms with van der Waals surface area (Å²) in [4.78, 5) is 31.7. The van der Waals surface area contributed by atoms with Gasteiger partial charge in [-0.1, -0.05) is 346 Å². The van der Waals surface area contributed by atoms with Gasteiger partial charge in [-0.2, -0.15) is 0 Å². The number of benzene rings is 20. The van der Waals surface area contributed by atoms with Gasteiger partial charge in [-0.05, 0) is 118 Å². The number of furan rings is 1. The highest BCUT2D eigenvalue weighted by Gasteiger charge is 2.29. The van der Waals surface area contributed by atoms with Crippen LogP contribution >= 0.6 is 11.3 Å². The van der Waals surface area contributed by atoms with Gasteiger partial charge in [0.15, 0.2) is 0 Å². The molecule has 0 bridgehead atoms. The maximum atomic E-state index is 6.53. The van der Waals surface area contributed by atoms with E-state index in [1.165, 1.54) is 96.3 Å². The van der Waals surface area contributed by atoms with Crippen molar-refractivity contribution in [2.45, 2.75) is 0 Å². The minimum Gasteiger partial charge on any atom is -0.455 e. The van der Waals surface area contributed by atoms with Crippen molar-refractivity contribution in [3.63, 3.8) is 0 Å². The second-order valence-electron chi connectivity index (χ2n) is 33.8. The van der Waals surface area contributed by atoms with E-state index in [0.29, 0.717) is 17.8 Å². The van der Waals surface area contributed by atoms with E-state index < -0.39 is 0 Å². The van der Waals surface area contributed by atoms with Crippen LogP contribution in [-0.4, -0.2) is 48.2 Å². The van der Waals surface area contributed by atoms with Crippen molar-refractivity contribution < 1.29 is 4.42 Å². The largest absolute Gasteiger partial charge is 0.455 e. The molecule has 0 atom stereocenters. The monoisotopic (exact) mass is 1700 g/mol. The second kappa shape index (κ2) is 30.0. The Bertz CT molecular complexity index is 9820. The number of rotatable bonds is 8. The average Bonchev–Trinajstić information content (AvgIpc) is 1.53. The first kappa shape index (κ1) is 74.6. The zero-order valence-corrected chi connectivity index (χ0v) is 71.7. The molecule has 0 unspecified atom stereocenters. The fourth-order valence-corrected chi connectivity index (χ4v) is 22.0. The Morgan fingerprint density at radius 1 is 0.212 bits per heavy atom. The van der Waals surface area contributed by atoms with Crippen LogP contribution in [-0.2, 0) is 0 Å². The lowest BCUT2D eigenvalue weighted by molar-refractivity contribution is 0.673. The predicted octanol–water partition coefficient (Wildman–Crippen LogP) is 31.7. The zero-order chi connectivity index (χ0) is 86.6. The molecule has 614 valence electrons. The minimum atomic E-state index is 0.654. The predicted molar refractivity (Wildman–Crippen MR) is 550 cm³/mol. The summed E-state index contributed by atoms with van der Waals surface area (Å²) in [6, 6.07) is 154. The van der Waals surface area contributed by atoms with Gasteiger partial charge in [0, 0.05) is 124 Å². The number of para-hydroxylation sites is 8. The Balaban J connectivity index is 0.000000102. The molecular weight excluding hydrogens is 1630 g/mol. The van der Waals surface area contributed by atoms with Crippen molar-refractivity contribution in [3.05, 3.63) is 437 Å². The summed E-state index contributed by atoms with van der Waals surface area (Å²) in [5.74, 6) is 2.01. The van der Waals surface area contributed by atoms with Gasteiger partial charge in [0.1, 0.15) is 11.2 Å². The van der Waals surface area contributed by atoms with E-state index in [-0.39, 0.29) is 0 Å². The summed E-state index contributed by atoms with van der Waals surface area (Å²) in [5, 5.41) is 24.6. The van der Waals surface area contributed by atoms with Gasteiger partial charge in [0.25, 0.3) is 0 Å². The van der Waals surface area contributed by atoms with Gasteiger partial charge in [0.2, 0.25) is 17.8 Å². The normalized spacial score (nSPS) is 11.9. The standard InChI is InChI=1S/C44H28N4.C40H23N3S.C36H21N3O/c1-3-13-29(14-4-1)43-35-19-7-10-20-38(35)45-44(46-43)48-40-22-12-9-18-34(40)37-28-31(24-26-42(37)48)30-23-25-41-36(27-30)33-17-8-11-21-39(33)47(41)32-15-5-2-6-16-32;1-2-13-25(14-3-1)36-31-23-22-24-12-4-5-15-26(24)37(31)42-40(41-36)43-32-20-10-8-18-29(32)34-27-16-6-7-17-28(27)35-30-19-9-11-21-33(30)44-39(35)38(34)43;1-2-12-22(13-3-1)33-25-16-6-9-19-28(25)37-36(38-33)39-29-20-10-7-17-26(29)31-32-27-18-8-11-21-30(27)40-35(32)24-15-5-4-14-23(24)34(31)39/h1-28H;1-23H;1-21H. The van der Waals surface area contributed by atoms with Gasteiger partial charge in [-0.15, -0.1) is 11.3 Å². The molecule has 0 aliphatic carbocycles. The summed E-state index contributed by atoms with van der Waals surface area (Å²) in [6.07, 6.45) is 0. The fourth-order valence-electron chi connectivity index (χ4n) is 20.8. The molecular formula is C120H72N10OS. The summed E-state index contributed by atoms with van der Waals surface area (Å²) >= 11 is 1.86. The highest BCUT2D eigenvalue weighted by Crippen LogP contribution is 2.51. The van der Waals surface area contributed by atoms with E-state index in [4.69, 9.17) is 34.3 Å². The van der Waals surface area contributed by atoms with Crippen LogP contribution < -0.4 is 0 Å². The number of hydrogen-bond acceptors (Lipinski definition) is 8. The number of hydrogen-bond donors (Lipinski definition) is 0. The first-order valence-electron chi connectivity index (χ1n) is 44.6. The first-order valence-corrected chi connectivity index (χ1v) is 45.4. The van der Waals surface area contributed by atoms with Crippen LogP contribution in [0.5, 0.6) is 0 Å². The Morgan fingerprint density at radius 3 is 1.20 bits per heavy atom. The molecule has 20 aromatic carbocycles. The zero-order valence-electron chi connectivity index (χ0n) is 70.9. The van der Waals surface area contributed by atoms with E-state index in [1.54, 1.807) is 0 Å². The number of fused-ring (bicyclic) bond motifs is 31. The van der Waals surface area contributed by atoms with Crippen LogP contribution in [0.15, 0.2) is 441 Å². The van der Waals surface area contributed by atoms with E-state index in [2.05, 4.69) is 413 Å². The number of thiophene rings is 1. The van der Waals surface area contributed by atoms with Crippen molar-refractivity contribution in [1.82, 2.24) is 48.2 Å². The van der Waals surface area contributed by atoms with Gasteiger partial charge in [-0.3, -0.25) is 13.7 Å². The molecule has 0 aliphatic heterocycles. The Labute approximate surface area is 758 Å². The molecule has 12 heteroatoms. The Morgan fingerprint density at radius 2 is 0.614 bits per heavy atom. The molecule has 132 heavy (non-hydrogen) atoms. The average molecular weight is 1700 g/mol. The molecule has 0 saturated carbocycles. The molecule has 29 aromatic rings. The summed E-state index contributed by atoms with van der Waals surface area (Å²) < 4.78 is 18.2. The third kappa shape index (κ3) is 11.6. The SMILES string of the molecule is c1ccc(-c2nc(-n3c4ccccc4c4c5c6ccccc6oc5c5ccccc5c43)nc3ccccc23)cc1.c1ccc(-c2nc(-n3c4ccccc4c4c5ccccc5c5c6ccccc6sc5c43)nc3c2ccc2ccccc23)cc1.c1ccc(-c2nc(-n3c4ccccc4c4cc(-c5ccc6c(c5)c5ccccc5n6-c5ccccc5)ccc43)nc3ccccc23)cc1. The van der Waals surface area contributed by atoms with Crippen LogP contribution in [0.2, 0.25) is 0 Å². The van der Waals surface area contributed by atoms with E-state index >= 15 is 0 Å². The van der Waals surface area contributed by atoms with Gasteiger partial charge < -0.3 is 8.98 Å². The summed E-state index contributed by atoms with van der Waals surface area (Å²) in [5.41, 5.74) is 23.1. The van der Waals surface area contributed by atoms with Crippen LogP contribution in [0, 0.1) is 0 Å². The number of aromatic nitrogens is 10. The number of nitrogens with zero attached hydrogens (tertiary/aromatic N) is 10. The molecule has 29 rings (SSSR count). The lowest BCUT2D eigenvalue weighted by Crippen LogP contribution is -2.04.